The third-order valence-corrected chi connectivity index (χ3v) is 3.75. The molecule has 1 aromatic heterocycles. The van der Waals surface area contributed by atoms with E-state index in [1.807, 2.05) is 18.2 Å². The van der Waals surface area contributed by atoms with Gasteiger partial charge in [0.15, 0.2) is 0 Å². The Labute approximate surface area is 116 Å². The number of hydrogen-bond donors (Lipinski definition) is 2. The van der Waals surface area contributed by atoms with Crippen LogP contribution in [0.15, 0.2) is 42.5 Å². The van der Waals surface area contributed by atoms with Gasteiger partial charge in [0, 0.05) is 16.6 Å². The first-order valence-electron chi connectivity index (χ1n) is 6.49. The number of carboxylic acids is 1. The highest BCUT2D eigenvalue weighted by Crippen LogP contribution is 2.28. The number of aromatic amines is 1. The summed E-state index contributed by atoms with van der Waals surface area (Å²) in [5.41, 5.74) is 5.77. The molecular formula is C17H15NO2. The standard InChI is InChI=1S/C17H15NO2/c1-10-11(2)18-16-7-6-13(9-15(10)16)12-4-3-5-14(8-12)17(19)20/h3-9,18H,1-2H3,(H,19,20). The Bertz CT molecular complexity index is 815. The molecule has 0 bridgehead atoms. The molecular weight excluding hydrogens is 250 g/mol. The van der Waals surface area contributed by atoms with Crippen molar-refractivity contribution in [2.75, 3.05) is 0 Å². The molecule has 0 fully saturated rings. The monoisotopic (exact) mass is 265 g/mol. The summed E-state index contributed by atoms with van der Waals surface area (Å²) in [6.45, 7) is 4.14. The Balaban J connectivity index is 2.16. The second kappa shape index (κ2) is 4.53. The normalized spacial score (nSPS) is 10.9. The molecule has 1 heterocycles. The fourth-order valence-electron chi connectivity index (χ4n) is 2.47. The molecule has 3 heteroatoms. The topological polar surface area (TPSA) is 53.1 Å². The van der Waals surface area contributed by atoms with E-state index in [9.17, 15) is 4.79 Å². The summed E-state index contributed by atoms with van der Waals surface area (Å²) in [5.74, 6) is -0.901. The molecule has 0 aliphatic rings. The average Bonchev–Trinajstić information content (AvgIpc) is 2.74. The Morgan fingerprint density at radius 2 is 1.80 bits per heavy atom. The fraction of sp³-hybridized carbons (Fsp3) is 0.118. The second-order valence-electron chi connectivity index (χ2n) is 5.02. The lowest BCUT2D eigenvalue weighted by Gasteiger charge is -2.04. The van der Waals surface area contributed by atoms with Crippen molar-refractivity contribution in [1.82, 2.24) is 4.98 Å². The summed E-state index contributed by atoms with van der Waals surface area (Å²) in [5, 5.41) is 10.3. The van der Waals surface area contributed by atoms with E-state index in [-0.39, 0.29) is 0 Å². The van der Waals surface area contributed by atoms with Crippen molar-refractivity contribution in [3.05, 3.63) is 59.3 Å². The van der Waals surface area contributed by atoms with Crippen molar-refractivity contribution in [2.45, 2.75) is 13.8 Å². The van der Waals surface area contributed by atoms with E-state index in [1.54, 1.807) is 18.2 Å². The maximum absolute atomic E-state index is 11.0. The molecule has 0 amide bonds. The first-order chi connectivity index (χ1) is 9.56. The maximum atomic E-state index is 11.0. The highest BCUT2D eigenvalue weighted by atomic mass is 16.4. The molecule has 2 aromatic carbocycles. The van der Waals surface area contributed by atoms with Crippen LogP contribution in [0.25, 0.3) is 22.0 Å². The average molecular weight is 265 g/mol. The third kappa shape index (κ3) is 1.97. The molecule has 100 valence electrons. The van der Waals surface area contributed by atoms with Gasteiger partial charge in [-0.1, -0.05) is 18.2 Å². The lowest BCUT2D eigenvalue weighted by atomic mass is 10.0. The maximum Gasteiger partial charge on any atom is 0.335 e. The number of rotatable bonds is 2. The Morgan fingerprint density at radius 1 is 1.05 bits per heavy atom. The van der Waals surface area contributed by atoms with Crippen molar-refractivity contribution in [3.8, 4) is 11.1 Å². The third-order valence-electron chi connectivity index (χ3n) is 3.75. The van der Waals surface area contributed by atoms with E-state index < -0.39 is 5.97 Å². The van der Waals surface area contributed by atoms with E-state index in [0.717, 1.165) is 22.3 Å². The summed E-state index contributed by atoms with van der Waals surface area (Å²) < 4.78 is 0. The number of fused-ring (bicyclic) bond motifs is 1. The molecule has 0 atom stereocenters. The quantitative estimate of drug-likeness (QED) is 0.731. The number of H-pyrrole nitrogens is 1. The van der Waals surface area contributed by atoms with E-state index in [0.29, 0.717) is 5.56 Å². The van der Waals surface area contributed by atoms with Gasteiger partial charge < -0.3 is 10.1 Å². The molecule has 0 unspecified atom stereocenters. The molecule has 0 aliphatic carbocycles. The van der Waals surface area contributed by atoms with Crippen LogP contribution in [0.3, 0.4) is 0 Å². The van der Waals surface area contributed by atoms with Crippen LogP contribution < -0.4 is 0 Å². The van der Waals surface area contributed by atoms with Crippen molar-refractivity contribution in [1.29, 1.82) is 0 Å². The highest BCUT2D eigenvalue weighted by Gasteiger charge is 2.08. The molecule has 20 heavy (non-hydrogen) atoms. The largest absolute Gasteiger partial charge is 0.478 e. The molecule has 0 saturated heterocycles. The Kier molecular flexibility index (Phi) is 2.83. The predicted molar refractivity (Wildman–Crippen MR) is 80.2 cm³/mol. The van der Waals surface area contributed by atoms with Gasteiger partial charge >= 0.3 is 5.97 Å². The lowest BCUT2D eigenvalue weighted by Crippen LogP contribution is -1.95. The van der Waals surface area contributed by atoms with Gasteiger partial charge in [0.25, 0.3) is 0 Å². The number of aromatic carboxylic acids is 1. The van der Waals surface area contributed by atoms with Crippen LogP contribution in [0.1, 0.15) is 21.6 Å². The summed E-state index contributed by atoms with van der Waals surface area (Å²) in [6.07, 6.45) is 0. The molecule has 2 N–H and O–H groups in total. The Morgan fingerprint density at radius 3 is 2.55 bits per heavy atom. The summed E-state index contributed by atoms with van der Waals surface area (Å²) in [4.78, 5) is 14.4. The molecule has 3 nitrogen and oxygen atoms in total. The van der Waals surface area contributed by atoms with Crippen LogP contribution in [0.2, 0.25) is 0 Å². The number of benzene rings is 2. The first kappa shape index (κ1) is 12.5. The van der Waals surface area contributed by atoms with Crippen molar-refractivity contribution >= 4 is 16.9 Å². The molecule has 3 rings (SSSR count). The van der Waals surface area contributed by atoms with E-state index in [4.69, 9.17) is 5.11 Å². The SMILES string of the molecule is Cc1[nH]c2ccc(-c3cccc(C(=O)O)c3)cc2c1C. The van der Waals surface area contributed by atoms with Gasteiger partial charge in [0.05, 0.1) is 5.56 Å². The zero-order valence-electron chi connectivity index (χ0n) is 11.4. The number of carboxylic acid groups (broad SMARTS) is 1. The van der Waals surface area contributed by atoms with E-state index in [1.165, 1.54) is 10.9 Å². The molecule has 0 aliphatic heterocycles. The van der Waals surface area contributed by atoms with Gasteiger partial charge in [-0.15, -0.1) is 0 Å². The minimum Gasteiger partial charge on any atom is -0.478 e. The molecule has 3 aromatic rings. The Hall–Kier alpha value is -2.55. The van der Waals surface area contributed by atoms with Gasteiger partial charge in [-0.05, 0) is 54.8 Å². The van der Waals surface area contributed by atoms with Crippen LogP contribution in [-0.4, -0.2) is 16.1 Å². The zero-order chi connectivity index (χ0) is 14.3. The van der Waals surface area contributed by atoms with Gasteiger partial charge in [0.2, 0.25) is 0 Å². The second-order valence-corrected chi connectivity index (χ2v) is 5.02. The fourth-order valence-corrected chi connectivity index (χ4v) is 2.47. The van der Waals surface area contributed by atoms with Crippen LogP contribution in [0.5, 0.6) is 0 Å². The number of nitrogens with one attached hydrogen (secondary N) is 1. The van der Waals surface area contributed by atoms with Crippen LogP contribution in [0.4, 0.5) is 0 Å². The predicted octanol–water partition coefficient (Wildman–Crippen LogP) is 4.15. The smallest absolute Gasteiger partial charge is 0.335 e. The number of carbonyl (C=O) groups is 1. The van der Waals surface area contributed by atoms with Gasteiger partial charge in [-0.3, -0.25) is 0 Å². The zero-order valence-corrected chi connectivity index (χ0v) is 11.4. The highest BCUT2D eigenvalue weighted by molar-refractivity contribution is 5.92. The summed E-state index contributed by atoms with van der Waals surface area (Å²) in [6, 6.07) is 13.2. The van der Waals surface area contributed by atoms with Crippen LogP contribution >= 0.6 is 0 Å². The number of aromatic nitrogens is 1. The van der Waals surface area contributed by atoms with Crippen LogP contribution in [0, 0.1) is 13.8 Å². The van der Waals surface area contributed by atoms with E-state index in [2.05, 4.69) is 24.9 Å². The van der Waals surface area contributed by atoms with Crippen molar-refractivity contribution < 1.29 is 9.90 Å². The minimum absolute atomic E-state index is 0.310. The minimum atomic E-state index is -0.901. The van der Waals surface area contributed by atoms with Crippen molar-refractivity contribution in [2.24, 2.45) is 0 Å². The van der Waals surface area contributed by atoms with Crippen molar-refractivity contribution in [3.63, 3.8) is 0 Å². The van der Waals surface area contributed by atoms with E-state index >= 15 is 0 Å². The van der Waals surface area contributed by atoms with Gasteiger partial charge in [0.1, 0.15) is 0 Å². The molecule has 0 radical (unpaired) electrons. The lowest BCUT2D eigenvalue weighted by molar-refractivity contribution is 0.0697. The first-order valence-corrected chi connectivity index (χ1v) is 6.49. The summed E-state index contributed by atoms with van der Waals surface area (Å²) in [7, 11) is 0. The van der Waals surface area contributed by atoms with Gasteiger partial charge in [-0.25, -0.2) is 4.79 Å². The number of hydrogen-bond acceptors (Lipinski definition) is 1. The van der Waals surface area contributed by atoms with Gasteiger partial charge in [-0.2, -0.15) is 0 Å². The summed E-state index contributed by atoms with van der Waals surface area (Å²) >= 11 is 0. The number of aryl methyl sites for hydroxylation is 2. The molecule has 0 saturated carbocycles. The molecule has 0 spiro atoms. The van der Waals surface area contributed by atoms with Crippen LogP contribution in [-0.2, 0) is 0 Å².